The van der Waals surface area contributed by atoms with Crippen LogP contribution in [0.2, 0.25) is 0 Å². The molecule has 0 fully saturated rings. The topological polar surface area (TPSA) is 0 Å². The Morgan fingerprint density at radius 3 is 2.00 bits per heavy atom. The van der Waals surface area contributed by atoms with Crippen molar-refractivity contribution in [1.29, 1.82) is 0 Å². The highest BCUT2D eigenvalue weighted by molar-refractivity contribution is 5.80. The molecule has 3 rings (SSSR count). The predicted molar refractivity (Wildman–Crippen MR) is 91.4 cm³/mol. The normalized spacial score (nSPS) is 17.9. The molecule has 1 heteroatoms. The summed E-state index contributed by atoms with van der Waals surface area (Å²) in [5.41, 5.74) is 8.94. The lowest BCUT2D eigenvalue weighted by atomic mass is 9.84. The average Bonchev–Trinajstić information content (AvgIpc) is 2.74. The second-order valence-electron chi connectivity index (χ2n) is 6.33. The van der Waals surface area contributed by atoms with Crippen molar-refractivity contribution in [3.05, 3.63) is 87.8 Å². The van der Waals surface area contributed by atoms with E-state index in [1.165, 1.54) is 45.5 Å². The van der Waals surface area contributed by atoms with E-state index in [1.54, 1.807) is 0 Å². The van der Waals surface area contributed by atoms with E-state index in [9.17, 15) is 4.39 Å². The molecule has 0 radical (unpaired) electrons. The molecule has 2 aromatic rings. The Morgan fingerprint density at radius 1 is 0.818 bits per heavy atom. The van der Waals surface area contributed by atoms with Crippen molar-refractivity contribution < 1.29 is 4.39 Å². The molecule has 1 unspecified atom stereocenters. The highest BCUT2D eigenvalue weighted by Crippen LogP contribution is 2.44. The Balaban J connectivity index is 2.10. The van der Waals surface area contributed by atoms with Crippen LogP contribution in [0, 0.1) is 19.7 Å². The fourth-order valence-electron chi connectivity index (χ4n) is 3.39. The van der Waals surface area contributed by atoms with Crippen LogP contribution < -0.4 is 0 Å². The van der Waals surface area contributed by atoms with Gasteiger partial charge in [-0.25, -0.2) is 4.39 Å². The number of aryl methyl sites for hydroxylation is 2. The van der Waals surface area contributed by atoms with E-state index in [-0.39, 0.29) is 11.7 Å². The molecule has 0 spiro atoms. The third kappa shape index (κ3) is 2.64. The maximum Gasteiger partial charge on any atom is 0.123 e. The first-order valence-corrected chi connectivity index (χ1v) is 7.69. The minimum Gasteiger partial charge on any atom is -0.207 e. The molecule has 1 aliphatic rings. The van der Waals surface area contributed by atoms with Gasteiger partial charge >= 0.3 is 0 Å². The van der Waals surface area contributed by atoms with Gasteiger partial charge in [0.2, 0.25) is 0 Å². The van der Waals surface area contributed by atoms with Crippen LogP contribution in [-0.2, 0) is 0 Å². The Kier molecular flexibility index (Phi) is 3.74. The Labute approximate surface area is 132 Å². The van der Waals surface area contributed by atoms with Crippen LogP contribution in [0.1, 0.15) is 42.0 Å². The number of rotatable bonds is 2. The van der Waals surface area contributed by atoms with Gasteiger partial charge in [-0.15, -0.1) is 0 Å². The molecule has 0 heterocycles. The van der Waals surface area contributed by atoms with E-state index in [4.69, 9.17) is 0 Å². The van der Waals surface area contributed by atoms with Crippen LogP contribution in [0.3, 0.4) is 0 Å². The molecule has 0 N–H and O–H groups in total. The van der Waals surface area contributed by atoms with Crippen molar-refractivity contribution in [1.82, 2.24) is 0 Å². The summed E-state index contributed by atoms with van der Waals surface area (Å²) in [5, 5.41) is 0. The van der Waals surface area contributed by atoms with E-state index < -0.39 is 0 Å². The molecule has 0 bridgehead atoms. The van der Waals surface area contributed by atoms with Crippen molar-refractivity contribution in [3.63, 3.8) is 0 Å². The van der Waals surface area contributed by atoms with Crippen LogP contribution in [0.15, 0.2) is 59.7 Å². The van der Waals surface area contributed by atoms with Gasteiger partial charge in [0.1, 0.15) is 5.82 Å². The van der Waals surface area contributed by atoms with Crippen LogP contribution in [0.25, 0.3) is 5.57 Å². The minimum atomic E-state index is -0.188. The smallest absolute Gasteiger partial charge is 0.123 e. The molecule has 2 aromatic carbocycles. The van der Waals surface area contributed by atoms with Gasteiger partial charge < -0.3 is 0 Å². The maximum atomic E-state index is 13.2. The Morgan fingerprint density at radius 2 is 1.41 bits per heavy atom. The first kappa shape index (κ1) is 14.8. The molecular weight excluding hydrogens is 271 g/mol. The van der Waals surface area contributed by atoms with Crippen molar-refractivity contribution in [3.8, 4) is 0 Å². The standard InChI is InChI=1S/C21H21F/c1-13-9-14(2)11-18(10-13)21-16(4)15(3)12-20(21)17-5-7-19(22)8-6-17/h5-12,21H,1-4H3. The molecule has 0 amide bonds. The number of hydrogen-bond donors (Lipinski definition) is 0. The highest BCUT2D eigenvalue weighted by atomic mass is 19.1. The number of benzene rings is 2. The fraction of sp³-hybridized carbons (Fsp3) is 0.238. The minimum absolute atomic E-state index is 0.188. The van der Waals surface area contributed by atoms with Crippen LogP contribution in [0.5, 0.6) is 0 Å². The maximum absolute atomic E-state index is 13.2. The largest absolute Gasteiger partial charge is 0.207 e. The fourth-order valence-corrected chi connectivity index (χ4v) is 3.39. The zero-order valence-corrected chi connectivity index (χ0v) is 13.6. The molecule has 0 aliphatic heterocycles. The molecule has 0 saturated carbocycles. The van der Waals surface area contributed by atoms with Gasteiger partial charge in [-0.2, -0.15) is 0 Å². The Bertz CT molecular complexity index is 756. The molecule has 0 nitrogen and oxygen atoms in total. The van der Waals surface area contributed by atoms with Crippen molar-refractivity contribution in [2.75, 3.05) is 0 Å². The molecule has 22 heavy (non-hydrogen) atoms. The average molecular weight is 292 g/mol. The summed E-state index contributed by atoms with van der Waals surface area (Å²) in [5.74, 6) is 0.0794. The highest BCUT2D eigenvalue weighted by Gasteiger charge is 2.26. The second-order valence-corrected chi connectivity index (χ2v) is 6.33. The molecule has 112 valence electrons. The lowest BCUT2D eigenvalue weighted by molar-refractivity contribution is 0.627. The summed E-state index contributed by atoms with van der Waals surface area (Å²) in [7, 11) is 0. The quantitative estimate of drug-likeness (QED) is 0.640. The predicted octanol–water partition coefficient (Wildman–Crippen LogP) is 5.96. The summed E-state index contributed by atoms with van der Waals surface area (Å²) in [4.78, 5) is 0. The summed E-state index contributed by atoms with van der Waals surface area (Å²) in [6.45, 7) is 8.63. The summed E-state index contributed by atoms with van der Waals surface area (Å²) in [6.07, 6.45) is 2.24. The van der Waals surface area contributed by atoms with E-state index in [1.807, 2.05) is 12.1 Å². The van der Waals surface area contributed by atoms with E-state index >= 15 is 0 Å². The van der Waals surface area contributed by atoms with Crippen LogP contribution >= 0.6 is 0 Å². The van der Waals surface area contributed by atoms with Gasteiger partial charge in [-0.1, -0.05) is 58.7 Å². The third-order valence-electron chi connectivity index (χ3n) is 4.49. The zero-order chi connectivity index (χ0) is 15.9. The monoisotopic (exact) mass is 292 g/mol. The Hall–Kier alpha value is -2.15. The molecule has 1 atom stereocenters. The molecule has 0 saturated heterocycles. The summed E-state index contributed by atoms with van der Waals surface area (Å²) >= 11 is 0. The van der Waals surface area contributed by atoms with E-state index in [2.05, 4.69) is 52.0 Å². The van der Waals surface area contributed by atoms with Crippen LogP contribution in [-0.4, -0.2) is 0 Å². The van der Waals surface area contributed by atoms with Crippen molar-refractivity contribution >= 4 is 5.57 Å². The number of allylic oxidation sites excluding steroid dienone is 4. The lowest BCUT2D eigenvalue weighted by Crippen LogP contribution is -2.02. The third-order valence-corrected chi connectivity index (χ3v) is 4.49. The SMILES string of the molecule is CC1=C(C)C(c2cc(C)cc(C)c2)C(c2ccc(F)cc2)=C1. The van der Waals surface area contributed by atoms with Crippen molar-refractivity contribution in [2.45, 2.75) is 33.6 Å². The molecule has 0 aromatic heterocycles. The van der Waals surface area contributed by atoms with Gasteiger partial charge in [-0.05, 0) is 56.5 Å². The second kappa shape index (κ2) is 5.57. The zero-order valence-electron chi connectivity index (χ0n) is 13.6. The molecular formula is C21H21F. The number of hydrogen-bond acceptors (Lipinski definition) is 0. The van der Waals surface area contributed by atoms with E-state index in [0.29, 0.717) is 0 Å². The van der Waals surface area contributed by atoms with Gasteiger partial charge in [-0.3, -0.25) is 0 Å². The van der Waals surface area contributed by atoms with Gasteiger partial charge in [0, 0.05) is 5.92 Å². The first-order chi connectivity index (χ1) is 10.5. The number of halogens is 1. The van der Waals surface area contributed by atoms with Gasteiger partial charge in [0.25, 0.3) is 0 Å². The molecule has 1 aliphatic carbocycles. The van der Waals surface area contributed by atoms with Crippen molar-refractivity contribution in [2.24, 2.45) is 0 Å². The van der Waals surface area contributed by atoms with Crippen LogP contribution in [0.4, 0.5) is 4.39 Å². The van der Waals surface area contributed by atoms with E-state index in [0.717, 1.165) is 5.56 Å². The summed E-state index contributed by atoms with van der Waals surface area (Å²) in [6, 6.07) is 13.6. The van der Waals surface area contributed by atoms with Gasteiger partial charge in [0.05, 0.1) is 0 Å². The van der Waals surface area contributed by atoms with Gasteiger partial charge in [0.15, 0.2) is 0 Å². The summed E-state index contributed by atoms with van der Waals surface area (Å²) < 4.78 is 13.2. The lowest BCUT2D eigenvalue weighted by Gasteiger charge is -2.20. The first-order valence-electron chi connectivity index (χ1n) is 7.69.